The van der Waals surface area contributed by atoms with E-state index >= 15 is 0 Å². The van der Waals surface area contributed by atoms with Crippen molar-refractivity contribution in [1.29, 1.82) is 0 Å². The number of carbonyl (C=O) groups is 1. The average molecular weight is 348 g/mol. The lowest BCUT2D eigenvalue weighted by Crippen LogP contribution is -2.25. The van der Waals surface area contributed by atoms with Crippen LogP contribution >= 0.6 is 11.8 Å². The van der Waals surface area contributed by atoms with Gasteiger partial charge in [-0.25, -0.2) is 0 Å². The van der Waals surface area contributed by atoms with Crippen molar-refractivity contribution in [3.05, 3.63) is 29.8 Å². The Labute approximate surface area is 147 Å². The number of nitrogens with zero attached hydrogens (tertiary/aromatic N) is 3. The maximum absolute atomic E-state index is 11.8. The van der Waals surface area contributed by atoms with Crippen LogP contribution in [0.15, 0.2) is 29.4 Å². The third-order valence-corrected chi connectivity index (χ3v) is 4.38. The highest BCUT2D eigenvalue weighted by Gasteiger charge is 2.15. The number of nitrogens with one attached hydrogen (secondary N) is 1. The van der Waals surface area contributed by atoms with Gasteiger partial charge in [-0.05, 0) is 19.4 Å². The molecule has 0 fully saturated rings. The molecule has 0 aliphatic carbocycles. The number of thioether (sulfide) groups is 1. The molecule has 0 aliphatic rings. The van der Waals surface area contributed by atoms with E-state index in [1.165, 1.54) is 17.3 Å². The van der Waals surface area contributed by atoms with E-state index < -0.39 is 0 Å². The summed E-state index contributed by atoms with van der Waals surface area (Å²) in [5.74, 6) is 1.14. The first kappa shape index (κ1) is 18.5. The molecular weight excluding hydrogens is 324 g/mol. The molecule has 0 saturated heterocycles. The van der Waals surface area contributed by atoms with Crippen molar-refractivity contribution in [2.24, 2.45) is 0 Å². The second-order valence-electron chi connectivity index (χ2n) is 5.46. The minimum absolute atomic E-state index is 0.0141. The number of aromatic nitrogens is 3. The third-order valence-electron chi connectivity index (χ3n) is 3.42. The number of hydrogen-bond donors (Lipinski definition) is 1. The second kappa shape index (κ2) is 9.44. The SMILES string of the molecule is CCCNC(=O)CSc1nnc(-c2cccc(C)c2)n1CCOC. The number of ether oxygens (including phenoxy) is 1. The van der Waals surface area contributed by atoms with E-state index in [2.05, 4.69) is 21.6 Å². The molecule has 1 amide bonds. The van der Waals surface area contributed by atoms with Gasteiger partial charge in [0.1, 0.15) is 0 Å². The Balaban J connectivity index is 2.17. The van der Waals surface area contributed by atoms with Crippen molar-refractivity contribution >= 4 is 17.7 Å². The summed E-state index contributed by atoms with van der Waals surface area (Å²) in [6.07, 6.45) is 0.929. The Morgan fingerprint density at radius 2 is 2.21 bits per heavy atom. The molecule has 1 heterocycles. The highest BCUT2D eigenvalue weighted by atomic mass is 32.2. The molecule has 0 spiro atoms. The monoisotopic (exact) mass is 348 g/mol. The van der Waals surface area contributed by atoms with Gasteiger partial charge >= 0.3 is 0 Å². The number of carbonyl (C=O) groups excluding carboxylic acids is 1. The predicted octanol–water partition coefficient (Wildman–Crippen LogP) is 2.52. The highest BCUT2D eigenvalue weighted by molar-refractivity contribution is 7.99. The van der Waals surface area contributed by atoms with E-state index in [1.807, 2.05) is 36.6 Å². The largest absolute Gasteiger partial charge is 0.383 e. The van der Waals surface area contributed by atoms with E-state index in [0.717, 1.165) is 23.0 Å². The third kappa shape index (κ3) is 5.07. The van der Waals surface area contributed by atoms with Crippen molar-refractivity contribution in [2.45, 2.75) is 32.0 Å². The van der Waals surface area contributed by atoms with Crippen LogP contribution in [0.1, 0.15) is 18.9 Å². The Kier molecular flexibility index (Phi) is 7.27. The van der Waals surface area contributed by atoms with E-state index in [-0.39, 0.29) is 5.91 Å². The van der Waals surface area contributed by atoms with Crippen LogP contribution in [0.3, 0.4) is 0 Å². The molecule has 2 aromatic rings. The van der Waals surface area contributed by atoms with Crippen LogP contribution in [0, 0.1) is 6.92 Å². The second-order valence-corrected chi connectivity index (χ2v) is 6.40. The molecular formula is C17H24N4O2S. The summed E-state index contributed by atoms with van der Waals surface area (Å²) >= 11 is 1.40. The van der Waals surface area contributed by atoms with Gasteiger partial charge in [-0.15, -0.1) is 10.2 Å². The van der Waals surface area contributed by atoms with Gasteiger partial charge in [-0.1, -0.05) is 42.4 Å². The standard InChI is InChI=1S/C17H24N4O2S/c1-4-8-18-15(22)12-24-17-20-19-16(21(17)9-10-23-3)14-7-5-6-13(2)11-14/h5-7,11H,4,8-10,12H2,1-3H3,(H,18,22). The minimum atomic E-state index is 0.0141. The maximum atomic E-state index is 11.8. The fourth-order valence-electron chi connectivity index (χ4n) is 2.22. The van der Waals surface area contributed by atoms with Gasteiger partial charge in [0.15, 0.2) is 11.0 Å². The molecule has 0 atom stereocenters. The average Bonchev–Trinajstić information content (AvgIpc) is 2.99. The Hall–Kier alpha value is -1.86. The van der Waals surface area contributed by atoms with Crippen LogP contribution in [0.4, 0.5) is 0 Å². The van der Waals surface area contributed by atoms with Crippen LogP contribution in [0.5, 0.6) is 0 Å². The van der Waals surface area contributed by atoms with Gasteiger partial charge in [0.2, 0.25) is 5.91 Å². The van der Waals surface area contributed by atoms with Crippen molar-refractivity contribution in [3.63, 3.8) is 0 Å². The summed E-state index contributed by atoms with van der Waals surface area (Å²) in [4.78, 5) is 11.8. The zero-order valence-corrected chi connectivity index (χ0v) is 15.2. The van der Waals surface area contributed by atoms with E-state index in [4.69, 9.17) is 4.74 Å². The van der Waals surface area contributed by atoms with Crippen molar-refractivity contribution in [3.8, 4) is 11.4 Å². The maximum Gasteiger partial charge on any atom is 0.230 e. The minimum Gasteiger partial charge on any atom is -0.383 e. The molecule has 1 aromatic carbocycles. The molecule has 0 saturated carbocycles. The van der Waals surface area contributed by atoms with E-state index in [0.29, 0.717) is 25.4 Å². The van der Waals surface area contributed by atoms with Crippen LogP contribution < -0.4 is 5.32 Å². The van der Waals surface area contributed by atoms with Crippen LogP contribution in [-0.4, -0.2) is 46.7 Å². The Morgan fingerprint density at radius 3 is 2.92 bits per heavy atom. The zero-order valence-electron chi connectivity index (χ0n) is 14.4. The molecule has 0 radical (unpaired) electrons. The molecule has 0 aliphatic heterocycles. The zero-order chi connectivity index (χ0) is 17.4. The molecule has 0 unspecified atom stereocenters. The quantitative estimate of drug-likeness (QED) is 0.705. The van der Waals surface area contributed by atoms with Crippen LogP contribution in [-0.2, 0) is 16.1 Å². The number of aryl methyl sites for hydroxylation is 1. The van der Waals surface area contributed by atoms with Gasteiger partial charge in [-0.2, -0.15) is 0 Å². The van der Waals surface area contributed by atoms with Gasteiger partial charge in [0.25, 0.3) is 0 Å². The van der Waals surface area contributed by atoms with Crippen LogP contribution in [0.25, 0.3) is 11.4 Å². The van der Waals surface area contributed by atoms with Crippen LogP contribution in [0.2, 0.25) is 0 Å². The summed E-state index contributed by atoms with van der Waals surface area (Å²) in [5, 5.41) is 12.2. The molecule has 7 heteroatoms. The van der Waals surface area contributed by atoms with Gasteiger partial charge in [0.05, 0.1) is 18.9 Å². The number of benzene rings is 1. The fraction of sp³-hybridized carbons (Fsp3) is 0.471. The summed E-state index contributed by atoms with van der Waals surface area (Å²) in [7, 11) is 1.67. The molecule has 1 N–H and O–H groups in total. The molecule has 1 aromatic heterocycles. The van der Waals surface area contributed by atoms with E-state index in [1.54, 1.807) is 7.11 Å². The predicted molar refractivity (Wildman–Crippen MR) is 96.1 cm³/mol. The summed E-state index contributed by atoms with van der Waals surface area (Å²) in [6.45, 7) is 5.98. The number of hydrogen-bond acceptors (Lipinski definition) is 5. The Morgan fingerprint density at radius 1 is 1.38 bits per heavy atom. The van der Waals surface area contributed by atoms with Gasteiger partial charge < -0.3 is 10.1 Å². The summed E-state index contributed by atoms with van der Waals surface area (Å²) < 4.78 is 7.21. The lowest BCUT2D eigenvalue weighted by atomic mass is 10.1. The van der Waals surface area contributed by atoms with Gasteiger partial charge in [0, 0.05) is 19.2 Å². The summed E-state index contributed by atoms with van der Waals surface area (Å²) in [5.41, 5.74) is 2.18. The molecule has 130 valence electrons. The normalized spacial score (nSPS) is 10.8. The summed E-state index contributed by atoms with van der Waals surface area (Å²) in [6, 6.07) is 8.15. The lowest BCUT2D eigenvalue weighted by Gasteiger charge is -2.10. The topological polar surface area (TPSA) is 69.0 Å². The smallest absolute Gasteiger partial charge is 0.230 e. The number of methoxy groups -OCH3 is 1. The van der Waals surface area contributed by atoms with Gasteiger partial charge in [-0.3, -0.25) is 9.36 Å². The molecule has 0 bridgehead atoms. The van der Waals surface area contributed by atoms with E-state index in [9.17, 15) is 4.79 Å². The fourth-order valence-corrected chi connectivity index (χ4v) is 3.02. The first-order valence-corrected chi connectivity index (χ1v) is 9.03. The van der Waals surface area contributed by atoms with Crippen molar-refractivity contribution in [2.75, 3.05) is 26.0 Å². The first-order valence-electron chi connectivity index (χ1n) is 8.04. The lowest BCUT2D eigenvalue weighted by molar-refractivity contribution is -0.118. The Bertz CT molecular complexity index is 672. The molecule has 6 nitrogen and oxygen atoms in total. The molecule has 24 heavy (non-hydrogen) atoms. The highest BCUT2D eigenvalue weighted by Crippen LogP contribution is 2.24. The van der Waals surface area contributed by atoms with Crippen molar-refractivity contribution < 1.29 is 9.53 Å². The first-order chi connectivity index (χ1) is 11.7. The van der Waals surface area contributed by atoms with Crippen molar-refractivity contribution in [1.82, 2.24) is 20.1 Å². The number of amides is 1. The molecule has 2 rings (SSSR count). The number of rotatable bonds is 9.